The Labute approximate surface area is 197 Å². The normalized spacial score (nSPS) is 12.0. The van der Waals surface area contributed by atoms with Crippen molar-refractivity contribution in [3.63, 3.8) is 0 Å². The summed E-state index contributed by atoms with van der Waals surface area (Å²) < 4.78 is 104. The molecule has 0 aliphatic rings. The van der Waals surface area contributed by atoms with Crippen molar-refractivity contribution < 1.29 is 35.5 Å². The average molecular weight is 507 g/mol. The number of hydrogen-bond donors (Lipinski definition) is 0. The van der Waals surface area contributed by atoms with E-state index in [4.69, 9.17) is 0 Å². The highest BCUT2D eigenvalue weighted by molar-refractivity contribution is 7.21. The van der Waals surface area contributed by atoms with Gasteiger partial charge in [-0.15, -0.1) is 11.3 Å². The maximum atomic E-state index is 15.1. The van der Waals surface area contributed by atoms with Gasteiger partial charge in [0.15, 0.2) is 17.5 Å². The lowest BCUT2D eigenvalue weighted by atomic mass is 10.0. The second kappa shape index (κ2) is 8.23. The molecule has 0 aliphatic carbocycles. The van der Waals surface area contributed by atoms with Crippen LogP contribution in [0, 0.1) is 36.0 Å². The van der Waals surface area contributed by atoms with Crippen molar-refractivity contribution in [2.45, 2.75) is 13.0 Å². The van der Waals surface area contributed by atoms with Crippen molar-refractivity contribution in [3.8, 4) is 16.3 Å². The molecule has 5 aromatic rings. The van der Waals surface area contributed by atoms with Crippen molar-refractivity contribution in [1.29, 1.82) is 0 Å². The Balaban J connectivity index is 1.56. The fourth-order valence-electron chi connectivity index (χ4n) is 3.68. The summed E-state index contributed by atoms with van der Waals surface area (Å²) in [6.07, 6.45) is -4.66. The molecule has 0 amide bonds. The van der Waals surface area contributed by atoms with Gasteiger partial charge < -0.3 is 4.74 Å². The number of aryl methyl sites for hydroxylation is 1. The van der Waals surface area contributed by atoms with Gasteiger partial charge in [-0.25, -0.2) is 26.9 Å². The molecule has 0 spiro atoms. The highest BCUT2D eigenvalue weighted by atomic mass is 32.1. The Morgan fingerprint density at radius 3 is 2.23 bits per heavy atom. The number of ether oxygens (including phenoxy) is 1. The molecular formula is C25H12F7NOS. The van der Waals surface area contributed by atoms with E-state index in [1.807, 2.05) is 25.1 Å². The van der Waals surface area contributed by atoms with Crippen molar-refractivity contribution in [1.82, 2.24) is 4.98 Å². The molecule has 2 nitrogen and oxygen atoms in total. The van der Waals surface area contributed by atoms with Crippen LogP contribution in [0.3, 0.4) is 0 Å². The van der Waals surface area contributed by atoms with Gasteiger partial charge in [0.25, 0.3) is 0 Å². The molecule has 5 rings (SSSR count). The fourth-order valence-corrected chi connectivity index (χ4v) is 4.74. The van der Waals surface area contributed by atoms with Gasteiger partial charge in [-0.1, -0.05) is 18.2 Å². The summed E-state index contributed by atoms with van der Waals surface area (Å²) in [6, 6.07) is 10.8. The van der Waals surface area contributed by atoms with E-state index < -0.39 is 46.5 Å². The first kappa shape index (κ1) is 23.1. The summed E-state index contributed by atoms with van der Waals surface area (Å²) in [4.78, 5) is 4.50. The third-order valence-corrected chi connectivity index (χ3v) is 6.38. The number of benzene rings is 4. The largest absolute Gasteiger partial charge is 0.432 e. The molecule has 35 heavy (non-hydrogen) atoms. The third kappa shape index (κ3) is 4.07. The molecule has 4 aromatic carbocycles. The van der Waals surface area contributed by atoms with Gasteiger partial charge in [0, 0.05) is 23.1 Å². The second-order valence-corrected chi connectivity index (χ2v) is 8.82. The van der Waals surface area contributed by atoms with Crippen LogP contribution in [0.25, 0.3) is 31.6 Å². The molecule has 0 aliphatic heterocycles. The van der Waals surface area contributed by atoms with Crippen LogP contribution in [0.2, 0.25) is 0 Å². The van der Waals surface area contributed by atoms with Crippen LogP contribution in [-0.2, 0) is 6.11 Å². The van der Waals surface area contributed by atoms with Gasteiger partial charge in [0.1, 0.15) is 28.0 Å². The van der Waals surface area contributed by atoms with E-state index in [0.717, 1.165) is 15.8 Å². The smallest absolute Gasteiger partial charge is 0.429 e. The quantitative estimate of drug-likeness (QED) is 0.181. The van der Waals surface area contributed by atoms with Gasteiger partial charge >= 0.3 is 6.11 Å². The number of hydrogen-bond acceptors (Lipinski definition) is 3. The number of fused-ring (bicyclic) bond motifs is 2. The SMILES string of the molecule is Cc1ccc2nc(-c3ccc4c(F)c(C(F)(F)Oc5cc(F)c(F)c(F)c5)c(F)cc4c3)sc2c1. The van der Waals surface area contributed by atoms with Crippen molar-refractivity contribution in [2.24, 2.45) is 0 Å². The van der Waals surface area contributed by atoms with Crippen LogP contribution >= 0.6 is 11.3 Å². The summed E-state index contributed by atoms with van der Waals surface area (Å²) in [5.41, 5.74) is 0.563. The molecule has 0 bridgehead atoms. The summed E-state index contributed by atoms with van der Waals surface area (Å²) in [5, 5.41) is 0.236. The first-order valence-corrected chi connectivity index (χ1v) is 10.9. The Morgan fingerprint density at radius 2 is 1.51 bits per heavy atom. The van der Waals surface area contributed by atoms with E-state index in [0.29, 0.717) is 16.6 Å². The Hall–Kier alpha value is -3.66. The predicted molar refractivity (Wildman–Crippen MR) is 118 cm³/mol. The van der Waals surface area contributed by atoms with Gasteiger partial charge in [-0.2, -0.15) is 8.78 Å². The van der Waals surface area contributed by atoms with E-state index in [9.17, 15) is 26.3 Å². The molecule has 1 aromatic heterocycles. The van der Waals surface area contributed by atoms with Gasteiger partial charge in [0.2, 0.25) is 0 Å². The van der Waals surface area contributed by atoms with Gasteiger partial charge in [0.05, 0.1) is 10.2 Å². The highest BCUT2D eigenvalue weighted by Gasteiger charge is 2.42. The molecule has 0 unspecified atom stereocenters. The summed E-state index contributed by atoms with van der Waals surface area (Å²) >= 11 is 1.37. The number of alkyl halides is 2. The minimum atomic E-state index is -4.66. The molecule has 1 heterocycles. The number of aromatic nitrogens is 1. The van der Waals surface area contributed by atoms with Crippen molar-refractivity contribution in [2.75, 3.05) is 0 Å². The maximum absolute atomic E-state index is 15.1. The van der Waals surface area contributed by atoms with Crippen LogP contribution in [0.4, 0.5) is 30.7 Å². The Kier molecular flexibility index (Phi) is 5.43. The maximum Gasteiger partial charge on any atom is 0.432 e. The van der Waals surface area contributed by atoms with E-state index >= 15 is 4.39 Å². The first-order chi connectivity index (χ1) is 16.5. The number of thiazole rings is 1. The van der Waals surface area contributed by atoms with E-state index in [2.05, 4.69) is 9.72 Å². The molecule has 0 radical (unpaired) electrons. The first-order valence-electron chi connectivity index (χ1n) is 10.0. The lowest BCUT2D eigenvalue weighted by Gasteiger charge is -2.20. The standard InChI is InChI=1S/C25H12F7NOS/c1-11-2-5-19-20(6-11)35-24(33-19)12-3-4-15-13(7-12)8-16(26)21(22(15)29)25(31,32)34-14-9-17(27)23(30)18(28)10-14/h2-10H,1H3. The zero-order valence-electron chi connectivity index (χ0n) is 17.6. The zero-order valence-corrected chi connectivity index (χ0v) is 18.4. The minimum Gasteiger partial charge on any atom is -0.429 e. The van der Waals surface area contributed by atoms with Crippen LogP contribution in [0.15, 0.2) is 54.6 Å². The number of nitrogens with zero attached hydrogens (tertiary/aromatic N) is 1. The summed E-state index contributed by atoms with van der Waals surface area (Å²) in [6.45, 7) is 1.93. The number of halogens is 7. The van der Waals surface area contributed by atoms with E-state index in [1.54, 1.807) is 0 Å². The molecule has 0 saturated heterocycles. The molecule has 0 atom stereocenters. The third-order valence-electron chi connectivity index (χ3n) is 5.31. The topological polar surface area (TPSA) is 22.1 Å². The van der Waals surface area contributed by atoms with Crippen LogP contribution in [-0.4, -0.2) is 4.98 Å². The van der Waals surface area contributed by atoms with Crippen molar-refractivity contribution >= 4 is 32.3 Å². The van der Waals surface area contributed by atoms with Crippen molar-refractivity contribution in [3.05, 3.63) is 94.8 Å². The molecule has 0 saturated carbocycles. The lowest BCUT2D eigenvalue weighted by Crippen LogP contribution is -2.25. The van der Waals surface area contributed by atoms with Crippen LogP contribution < -0.4 is 4.74 Å². The Bertz CT molecular complexity index is 1610. The van der Waals surface area contributed by atoms with Crippen LogP contribution in [0.1, 0.15) is 11.1 Å². The fraction of sp³-hybridized carbons (Fsp3) is 0.0800. The van der Waals surface area contributed by atoms with Gasteiger partial charge in [-0.05, 0) is 42.1 Å². The zero-order chi connectivity index (χ0) is 25.1. The molecule has 0 fully saturated rings. The Morgan fingerprint density at radius 1 is 0.800 bits per heavy atom. The second-order valence-electron chi connectivity index (χ2n) is 7.79. The van der Waals surface area contributed by atoms with E-state index in [1.165, 1.54) is 29.5 Å². The predicted octanol–water partition coefficient (Wildman–Crippen LogP) is 8.25. The molecule has 0 N–H and O–H groups in total. The minimum absolute atomic E-state index is 0.00800. The lowest BCUT2D eigenvalue weighted by molar-refractivity contribution is -0.189. The van der Waals surface area contributed by atoms with E-state index in [-0.39, 0.29) is 22.9 Å². The molecular weight excluding hydrogens is 495 g/mol. The summed E-state index contributed by atoms with van der Waals surface area (Å²) in [5.74, 6) is -9.89. The molecule has 10 heteroatoms. The van der Waals surface area contributed by atoms with Gasteiger partial charge in [-0.3, -0.25) is 0 Å². The molecule has 178 valence electrons. The summed E-state index contributed by atoms with van der Waals surface area (Å²) in [7, 11) is 0. The average Bonchev–Trinajstić information content (AvgIpc) is 3.19. The number of rotatable bonds is 4. The monoisotopic (exact) mass is 507 g/mol. The van der Waals surface area contributed by atoms with Crippen LogP contribution in [0.5, 0.6) is 5.75 Å². The highest BCUT2D eigenvalue weighted by Crippen LogP contribution is 2.40.